The summed E-state index contributed by atoms with van der Waals surface area (Å²) in [6.45, 7) is 3.37. The fourth-order valence-corrected chi connectivity index (χ4v) is 2.47. The van der Waals surface area contributed by atoms with Crippen LogP contribution in [0, 0.1) is 11.8 Å². The van der Waals surface area contributed by atoms with Crippen LogP contribution in [0.15, 0.2) is 9.59 Å². The highest BCUT2D eigenvalue weighted by Gasteiger charge is 2.28. The van der Waals surface area contributed by atoms with Gasteiger partial charge in [-0.2, -0.15) is 0 Å². The number of hydrogen-bond donors (Lipinski definition) is 3. The van der Waals surface area contributed by atoms with Gasteiger partial charge in [0.25, 0.3) is 5.56 Å². The Hall–Kier alpha value is -2.90. The van der Waals surface area contributed by atoms with Crippen molar-refractivity contribution < 1.29 is 19.7 Å². The van der Waals surface area contributed by atoms with Crippen molar-refractivity contribution in [2.75, 3.05) is 6.61 Å². The van der Waals surface area contributed by atoms with Gasteiger partial charge in [0.15, 0.2) is 11.2 Å². The summed E-state index contributed by atoms with van der Waals surface area (Å²) in [5, 5.41) is 20.6. The van der Waals surface area contributed by atoms with Crippen LogP contribution >= 0.6 is 0 Å². The van der Waals surface area contributed by atoms with Gasteiger partial charge < -0.3 is 19.5 Å². The topological polar surface area (TPSA) is 139 Å². The summed E-state index contributed by atoms with van der Waals surface area (Å²) in [7, 11) is 1.41. The van der Waals surface area contributed by atoms with Gasteiger partial charge in [0.1, 0.15) is 11.9 Å². The summed E-state index contributed by atoms with van der Waals surface area (Å²) in [4.78, 5) is 41.8. The van der Waals surface area contributed by atoms with Gasteiger partial charge in [0.2, 0.25) is 0 Å². The quantitative estimate of drug-likeness (QED) is 0.432. The van der Waals surface area contributed by atoms with E-state index < -0.39 is 35.8 Å². The number of nitrogens with one attached hydrogen (secondary N) is 1. The summed E-state index contributed by atoms with van der Waals surface area (Å²) in [6.07, 6.45) is -3.54. The van der Waals surface area contributed by atoms with Crippen LogP contribution in [0.5, 0.6) is 0 Å². The van der Waals surface area contributed by atoms with Gasteiger partial charge in [-0.25, -0.2) is 9.78 Å². The molecule has 2 aromatic rings. The minimum Gasteiger partial charge on any atom is -0.466 e. The number of hydrogen-bond acceptors (Lipinski definition) is 7. The smallest absolute Gasteiger partial charge is 0.329 e. The number of aliphatic hydroxyl groups excluding tert-OH is 2. The highest BCUT2D eigenvalue weighted by molar-refractivity contribution is 5.72. The lowest BCUT2D eigenvalue weighted by atomic mass is 10.1. The first-order valence-corrected chi connectivity index (χ1v) is 7.92. The van der Waals surface area contributed by atoms with Crippen molar-refractivity contribution in [2.24, 2.45) is 7.05 Å². The predicted molar refractivity (Wildman–Crippen MR) is 91.3 cm³/mol. The fraction of sp³-hybridized carbons (Fsp3) is 0.500. The number of aryl methyl sites for hydroxylation is 1. The first-order chi connectivity index (χ1) is 12.3. The zero-order chi connectivity index (χ0) is 19.4. The molecule has 0 aliphatic heterocycles. The normalized spacial score (nSPS) is 13.1. The number of esters is 1. The number of H-pyrrole nitrogens is 1. The van der Waals surface area contributed by atoms with Gasteiger partial charge in [-0.15, -0.1) is 5.92 Å². The average Bonchev–Trinajstić information content (AvgIpc) is 2.97. The van der Waals surface area contributed by atoms with Crippen molar-refractivity contribution in [3.05, 3.63) is 26.7 Å². The minimum absolute atomic E-state index is 0.00675. The molecule has 2 aromatic heterocycles. The molecule has 10 nitrogen and oxygen atoms in total. The van der Waals surface area contributed by atoms with Crippen molar-refractivity contribution in [1.82, 2.24) is 19.1 Å². The number of ether oxygens (including phenoxy) is 1. The van der Waals surface area contributed by atoms with Gasteiger partial charge in [-0.3, -0.25) is 19.1 Å². The van der Waals surface area contributed by atoms with Crippen molar-refractivity contribution in [3.8, 4) is 11.8 Å². The first-order valence-electron chi connectivity index (χ1n) is 7.92. The molecule has 2 heterocycles. The maximum absolute atomic E-state index is 12.2. The highest BCUT2D eigenvalue weighted by atomic mass is 16.5. The Morgan fingerprint density at radius 2 is 2.08 bits per heavy atom. The van der Waals surface area contributed by atoms with Crippen LogP contribution in [0.4, 0.5) is 0 Å². The molecule has 0 amide bonds. The summed E-state index contributed by atoms with van der Waals surface area (Å²) in [5.41, 5.74) is -1.28. The molecule has 0 saturated heterocycles. The Morgan fingerprint density at radius 3 is 2.69 bits per heavy atom. The lowest BCUT2D eigenvalue weighted by Gasteiger charge is -2.17. The largest absolute Gasteiger partial charge is 0.466 e. The van der Waals surface area contributed by atoms with E-state index in [-0.39, 0.29) is 30.1 Å². The number of aromatic amines is 1. The van der Waals surface area contributed by atoms with E-state index in [4.69, 9.17) is 4.74 Å². The third kappa shape index (κ3) is 3.68. The lowest BCUT2D eigenvalue weighted by molar-refractivity contribution is -0.147. The molecule has 0 aromatic carbocycles. The van der Waals surface area contributed by atoms with Gasteiger partial charge in [0, 0.05) is 7.05 Å². The Labute approximate surface area is 148 Å². The van der Waals surface area contributed by atoms with E-state index in [2.05, 4.69) is 21.8 Å². The third-order valence-electron chi connectivity index (χ3n) is 3.76. The SMILES string of the molecule is CC#CCn1c(C(O)C(O)CC(=O)OCC)nc2c1c(=O)[nH]c(=O)n2C. The minimum atomic E-state index is -1.58. The standard InChI is InChI=1S/C16H20N4O6/c1-4-6-7-20-11-13(19(3)16(25)18-15(11)24)17-14(20)12(23)9(21)8-10(22)26-5-2/h9,12,21,23H,5,7-8H2,1-3H3,(H,18,24,25). The summed E-state index contributed by atoms with van der Waals surface area (Å²) in [6, 6.07) is 0. The van der Waals surface area contributed by atoms with Crippen molar-refractivity contribution in [3.63, 3.8) is 0 Å². The summed E-state index contributed by atoms with van der Waals surface area (Å²) >= 11 is 0. The van der Waals surface area contributed by atoms with E-state index in [0.29, 0.717) is 0 Å². The van der Waals surface area contributed by atoms with Crippen LogP contribution in [-0.2, 0) is 23.1 Å². The average molecular weight is 364 g/mol. The summed E-state index contributed by atoms with van der Waals surface area (Å²) in [5.74, 6) is 4.65. The highest BCUT2D eigenvalue weighted by Crippen LogP contribution is 2.22. The second-order valence-corrected chi connectivity index (χ2v) is 5.49. The maximum atomic E-state index is 12.2. The van der Waals surface area contributed by atoms with E-state index in [9.17, 15) is 24.6 Å². The zero-order valence-corrected chi connectivity index (χ0v) is 14.6. The Balaban J connectivity index is 2.57. The van der Waals surface area contributed by atoms with E-state index in [1.165, 1.54) is 11.6 Å². The molecule has 0 aliphatic rings. The maximum Gasteiger partial charge on any atom is 0.329 e. The number of rotatable bonds is 6. The Morgan fingerprint density at radius 1 is 1.38 bits per heavy atom. The number of aromatic nitrogens is 4. The Bertz CT molecular complexity index is 990. The molecule has 3 N–H and O–H groups in total. The summed E-state index contributed by atoms with van der Waals surface area (Å²) < 4.78 is 7.17. The Kier molecular flexibility index (Phi) is 5.97. The molecule has 0 fully saturated rings. The van der Waals surface area contributed by atoms with E-state index in [1.807, 2.05) is 0 Å². The molecule has 0 spiro atoms. The zero-order valence-electron chi connectivity index (χ0n) is 14.6. The number of carbonyl (C=O) groups is 1. The lowest BCUT2D eigenvalue weighted by Crippen LogP contribution is -2.29. The van der Waals surface area contributed by atoms with Crippen LogP contribution in [0.2, 0.25) is 0 Å². The van der Waals surface area contributed by atoms with Gasteiger partial charge in [-0.05, 0) is 13.8 Å². The van der Waals surface area contributed by atoms with Gasteiger partial charge >= 0.3 is 11.7 Å². The number of carbonyl (C=O) groups excluding carboxylic acids is 1. The molecule has 0 aliphatic carbocycles. The van der Waals surface area contributed by atoms with Crippen molar-refractivity contribution >= 4 is 17.1 Å². The van der Waals surface area contributed by atoms with E-state index >= 15 is 0 Å². The third-order valence-corrected chi connectivity index (χ3v) is 3.76. The van der Waals surface area contributed by atoms with Crippen LogP contribution in [0.3, 0.4) is 0 Å². The molecule has 2 rings (SSSR count). The van der Waals surface area contributed by atoms with Crippen LogP contribution in [0.1, 0.15) is 32.2 Å². The molecular formula is C16H20N4O6. The van der Waals surface area contributed by atoms with E-state index in [0.717, 1.165) is 4.57 Å². The molecule has 0 saturated carbocycles. The van der Waals surface area contributed by atoms with E-state index in [1.54, 1.807) is 13.8 Å². The number of imidazole rings is 1. The second-order valence-electron chi connectivity index (χ2n) is 5.49. The van der Waals surface area contributed by atoms with Gasteiger partial charge in [-0.1, -0.05) is 5.92 Å². The van der Waals surface area contributed by atoms with Crippen LogP contribution in [-0.4, -0.2) is 48.0 Å². The van der Waals surface area contributed by atoms with Crippen molar-refractivity contribution in [2.45, 2.75) is 39.0 Å². The second kappa shape index (κ2) is 7.99. The van der Waals surface area contributed by atoms with Crippen molar-refractivity contribution in [1.29, 1.82) is 0 Å². The molecule has 0 bridgehead atoms. The number of fused-ring (bicyclic) bond motifs is 1. The molecule has 10 heteroatoms. The predicted octanol–water partition coefficient (Wildman–Crippen LogP) is -1.21. The molecule has 2 atom stereocenters. The molecular weight excluding hydrogens is 344 g/mol. The molecule has 2 unspecified atom stereocenters. The van der Waals surface area contributed by atoms with Gasteiger partial charge in [0.05, 0.1) is 25.7 Å². The molecule has 0 radical (unpaired) electrons. The monoisotopic (exact) mass is 364 g/mol. The van der Waals surface area contributed by atoms with Crippen LogP contribution < -0.4 is 11.2 Å². The molecule has 140 valence electrons. The fourth-order valence-electron chi connectivity index (χ4n) is 2.47. The van der Waals surface area contributed by atoms with Crippen LogP contribution in [0.25, 0.3) is 11.2 Å². The molecule has 26 heavy (non-hydrogen) atoms. The number of nitrogens with zero attached hydrogens (tertiary/aromatic N) is 3. The number of aliphatic hydroxyl groups is 2. The first kappa shape index (κ1) is 19.4.